The molecule has 78 valence electrons. The second kappa shape index (κ2) is 4.92. The predicted octanol–water partition coefficient (Wildman–Crippen LogP) is 2.59. The average Bonchev–Trinajstić information content (AvgIpc) is 2.18. The Bertz CT molecular complexity index is 429. The van der Waals surface area contributed by atoms with Gasteiger partial charge in [0.25, 0.3) is 5.69 Å². The monoisotopic (exact) mass is 210 g/mol. The SMILES string of the molecule is [N-]=[N+]=NCCc1cc(F)ccc1[N+](=O)[O-]. The van der Waals surface area contributed by atoms with E-state index in [0.29, 0.717) is 0 Å². The van der Waals surface area contributed by atoms with Crippen molar-refractivity contribution in [3.8, 4) is 0 Å². The lowest BCUT2D eigenvalue weighted by Crippen LogP contribution is -1.98. The van der Waals surface area contributed by atoms with Crippen molar-refractivity contribution in [2.45, 2.75) is 6.42 Å². The van der Waals surface area contributed by atoms with Crippen LogP contribution in [0.3, 0.4) is 0 Å². The zero-order chi connectivity index (χ0) is 11.3. The van der Waals surface area contributed by atoms with E-state index in [2.05, 4.69) is 10.0 Å². The normalized spacial score (nSPS) is 9.40. The fourth-order valence-corrected chi connectivity index (χ4v) is 1.15. The molecule has 0 aliphatic rings. The maximum absolute atomic E-state index is 12.8. The van der Waals surface area contributed by atoms with Gasteiger partial charge in [-0.2, -0.15) is 0 Å². The van der Waals surface area contributed by atoms with E-state index in [9.17, 15) is 14.5 Å². The topological polar surface area (TPSA) is 91.9 Å². The van der Waals surface area contributed by atoms with Crippen molar-refractivity contribution in [2.75, 3.05) is 6.54 Å². The Morgan fingerprint density at radius 1 is 1.60 bits per heavy atom. The van der Waals surface area contributed by atoms with Crippen LogP contribution in [0.4, 0.5) is 10.1 Å². The Hall–Kier alpha value is -2.14. The van der Waals surface area contributed by atoms with Crippen molar-refractivity contribution in [1.82, 2.24) is 0 Å². The summed E-state index contributed by atoms with van der Waals surface area (Å²) in [6, 6.07) is 3.20. The van der Waals surface area contributed by atoms with Crippen LogP contribution in [0.1, 0.15) is 5.56 Å². The van der Waals surface area contributed by atoms with Crippen LogP contribution in [0, 0.1) is 15.9 Å². The summed E-state index contributed by atoms with van der Waals surface area (Å²) in [6.07, 6.45) is 0.151. The number of hydrogen-bond acceptors (Lipinski definition) is 3. The lowest BCUT2D eigenvalue weighted by Gasteiger charge is -2.00. The lowest BCUT2D eigenvalue weighted by atomic mass is 10.1. The first kappa shape index (κ1) is 10.9. The largest absolute Gasteiger partial charge is 0.272 e. The summed E-state index contributed by atoms with van der Waals surface area (Å²) in [5, 5.41) is 13.8. The number of nitro benzene ring substituents is 1. The second-order valence-corrected chi connectivity index (χ2v) is 2.73. The summed E-state index contributed by atoms with van der Waals surface area (Å²) >= 11 is 0. The molecule has 6 nitrogen and oxygen atoms in total. The highest BCUT2D eigenvalue weighted by atomic mass is 19.1. The summed E-state index contributed by atoms with van der Waals surface area (Å²) in [6.45, 7) is 0.0702. The van der Waals surface area contributed by atoms with E-state index in [1.165, 1.54) is 0 Å². The van der Waals surface area contributed by atoms with Gasteiger partial charge in [-0.15, -0.1) is 0 Å². The molecule has 0 saturated carbocycles. The molecule has 0 N–H and O–H groups in total. The Balaban J connectivity index is 2.96. The van der Waals surface area contributed by atoms with E-state index in [-0.39, 0.29) is 24.2 Å². The predicted molar refractivity (Wildman–Crippen MR) is 50.8 cm³/mol. The molecule has 7 heteroatoms. The third kappa shape index (κ3) is 2.92. The molecule has 0 aromatic heterocycles. The van der Waals surface area contributed by atoms with Crippen molar-refractivity contribution in [1.29, 1.82) is 0 Å². The highest BCUT2D eigenvalue weighted by Gasteiger charge is 2.13. The quantitative estimate of drug-likeness (QED) is 0.251. The van der Waals surface area contributed by atoms with Crippen LogP contribution < -0.4 is 0 Å². The van der Waals surface area contributed by atoms with Gasteiger partial charge in [0.1, 0.15) is 5.82 Å². The maximum atomic E-state index is 12.8. The minimum Gasteiger partial charge on any atom is -0.258 e. The Kier molecular flexibility index (Phi) is 3.59. The second-order valence-electron chi connectivity index (χ2n) is 2.73. The van der Waals surface area contributed by atoms with Crippen LogP contribution in [0.5, 0.6) is 0 Å². The van der Waals surface area contributed by atoms with E-state index < -0.39 is 10.7 Å². The minimum absolute atomic E-state index is 0.0702. The molecule has 0 fully saturated rings. The number of hydrogen-bond donors (Lipinski definition) is 0. The maximum Gasteiger partial charge on any atom is 0.272 e. The number of nitrogens with zero attached hydrogens (tertiary/aromatic N) is 4. The summed E-state index contributed by atoms with van der Waals surface area (Å²) < 4.78 is 12.8. The number of rotatable bonds is 4. The first-order valence-corrected chi connectivity index (χ1v) is 4.09. The Labute approximate surface area is 84.1 Å². The molecule has 0 aliphatic heterocycles. The van der Waals surface area contributed by atoms with E-state index in [1.54, 1.807) is 0 Å². The summed E-state index contributed by atoms with van der Waals surface area (Å²) in [5.74, 6) is -0.545. The van der Waals surface area contributed by atoms with Gasteiger partial charge in [-0.3, -0.25) is 10.1 Å². The highest BCUT2D eigenvalue weighted by Crippen LogP contribution is 2.19. The molecule has 0 radical (unpaired) electrons. The third-order valence-electron chi connectivity index (χ3n) is 1.78. The molecule has 0 amide bonds. The first-order chi connectivity index (χ1) is 7.15. The van der Waals surface area contributed by atoms with Crippen LogP contribution in [-0.4, -0.2) is 11.5 Å². The molecule has 0 saturated heterocycles. The third-order valence-corrected chi connectivity index (χ3v) is 1.78. The van der Waals surface area contributed by atoms with Crippen LogP contribution in [-0.2, 0) is 6.42 Å². The first-order valence-electron chi connectivity index (χ1n) is 4.09. The van der Waals surface area contributed by atoms with Gasteiger partial charge < -0.3 is 0 Å². The fraction of sp³-hybridized carbons (Fsp3) is 0.250. The van der Waals surface area contributed by atoms with Gasteiger partial charge in [0, 0.05) is 23.1 Å². The average molecular weight is 210 g/mol. The van der Waals surface area contributed by atoms with Crippen LogP contribution in [0.25, 0.3) is 10.4 Å². The minimum atomic E-state index is -0.592. The molecule has 1 aromatic rings. The highest BCUT2D eigenvalue weighted by molar-refractivity contribution is 5.40. The molecule has 0 bridgehead atoms. The van der Waals surface area contributed by atoms with Crippen molar-refractivity contribution >= 4 is 5.69 Å². The zero-order valence-corrected chi connectivity index (χ0v) is 7.63. The van der Waals surface area contributed by atoms with Crippen molar-refractivity contribution < 1.29 is 9.31 Å². The molecule has 1 rings (SSSR count). The van der Waals surface area contributed by atoms with Gasteiger partial charge >= 0.3 is 0 Å². The Morgan fingerprint density at radius 2 is 2.33 bits per heavy atom. The molecule has 0 heterocycles. The molecule has 0 atom stereocenters. The van der Waals surface area contributed by atoms with Gasteiger partial charge in [-0.05, 0) is 24.1 Å². The summed E-state index contributed by atoms with van der Waals surface area (Å²) in [7, 11) is 0. The van der Waals surface area contributed by atoms with E-state index in [1.807, 2.05) is 0 Å². The fourth-order valence-electron chi connectivity index (χ4n) is 1.15. The summed E-state index contributed by atoms with van der Waals surface area (Å²) in [4.78, 5) is 12.5. The molecule has 0 unspecified atom stereocenters. The number of benzene rings is 1. The van der Waals surface area contributed by atoms with Gasteiger partial charge in [0.05, 0.1) is 4.92 Å². The zero-order valence-electron chi connectivity index (χ0n) is 7.63. The van der Waals surface area contributed by atoms with Crippen molar-refractivity contribution in [3.63, 3.8) is 0 Å². The number of nitro groups is 1. The van der Waals surface area contributed by atoms with Gasteiger partial charge in [-0.1, -0.05) is 5.11 Å². The van der Waals surface area contributed by atoms with Gasteiger partial charge in [0.15, 0.2) is 0 Å². The van der Waals surface area contributed by atoms with E-state index in [0.717, 1.165) is 18.2 Å². The molecule has 15 heavy (non-hydrogen) atoms. The molecular formula is C8H7FN4O2. The lowest BCUT2D eigenvalue weighted by molar-refractivity contribution is -0.385. The Morgan fingerprint density at radius 3 is 2.93 bits per heavy atom. The molecule has 0 spiro atoms. The molecule has 0 aliphatic carbocycles. The standard InChI is InChI=1S/C8H7FN4O2/c9-7-1-2-8(13(14)15)6(5-7)3-4-11-12-10/h1-2,5H,3-4H2. The van der Waals surface area contributed by atoms with Gasteiger partial charge in [-0.25, -0.2) is 4.39 Å². The van der Waals surface area contributed by atoms with Crippen LogP contribution in [0.15, 0.2) is 23.3 Å². The number of azide groups is 1. The molecular weight excluding hydrogens is 203 g/mol. The van der Waals surface area contributed by atoms with Gasteiger partial charge in [0.2, 0.25) is 0 Å². The van der Waals surface area contributed by atoms with Crippen LogP contribution >= 0.6 is 0 Å². The smallest absolute Gasteiger partial charge is 0.258 e. The molecule has 1 aromatic carbocycles. The van der Waals surface area contributed by atoms with Crippen molar-refractivity contribution in [2.24, 2.45) is 5.11 Å². The number of halogens is 1. The van der Waals surface area contributed by atoms with E-state index >= 15 is 0 Å². The van der Waals surface area contributed by atoms with Crippen LogP contribution in [0.2, 0.25) is 0 Å². The van der Waals surface area contributed by atoms with E-state index in [4.69, 9.17) is 5.53 Å². The van der Waals surface area contributed by atoms with Crippen molar-refractivity contribution in [3.05, 3.63) is 50.1 Å². The summed E-state index contributed by atoms with van der Waals surface area (Å²) in [5.41, 5.74) is 8.09.